The molecule has 0 N–H and O–H groups in total. The number of ether oxygens (including phenoxy) is 1. The fraction of sp³-hybridized carbons (Fsp3) is 0.889. The summed E-state index contributed by atoms with van der Waals surface area (Å²) in [5.41, 5.74) is 0. The van der Waals surface area contributed by atoms with E-state index in [4.69, 9.17) is 4.74 Å². The first-order valence-electron chi connectivity index (χ1n) is 4.40. The maximum absolute atomic E-state index is 5.71. The van der Waals surface area contributed by atoms with Gasteiger partial charge >= 0.3 is 93.0 Å². The molecule has 0 aliphatic carbocycles. The van der Waals surface area contributed by atoms with E-state index in [9.17, 15) is 0 Å². The topological polar surface area (TPSA) is 9.23 Å². The van der Waals surface area contributed by atoms with E-state index in [0.717, 1.165) is 12.3 Å². The molecule has 0 radical (unpaired) electrons. The third kappa shape index (κ3) is 3.36. The molecule has 1 rings (SSSR count). The molecule has 0 aromatic heterocycles. The summed E-state index contributed by atoms with van der Waals surface area (Å²) in [6.07, 6.45) is 3.99. The Morgan fingerprint density at radius 2 is 2.33 bits per heavy atom. The monoisotopic (exact) mass is 410 g/mol. The predicted octanol–water partition coefficient (Wildman–Crippen LogP) is 2.65. The second-order valence-corrected chi connectivity index (χ2v) is 6.27. The van der Waals surface area contributed by atoms with Gasteiger partial charge < -0.3 is 0 Å². The number of rotatable bonds is 3. The van der Waals surface area contributed by atoms with Crippen LogP contribution in [0.25, 0.3) is 0 Å². The van der Waals surface area contributed by atoms with Gasteiger partial charge in [0.2, 0.25) is 0 Å². The molecular weight excluding hydrogens is 394 g/mol. The molecule has 1 saturated heterocycles. The first-order chi connectivity index (χ1) is 5.59. The average molecular weight is 409 g/mol. The standard InChI is InChI=1S/C9H15BrO.Os/c1-7(2)6-8(10)9-4-3-5-11-9;/h7-9H,3-4,6H2,1-2H3;. The molecule has 3 heteroatoms. The van der Waals surface area contributed by atoms with Crippen LogP contribution in [0, 0.1) is 5.92 Å². The van der Waals surface area contributed by atoms with E-state index in [1.807, 2.05) is 18.1 Å². The molecule has 0 aromatic rings. The summed E-state index contributed by atoms with van der Waals surface area (Å²) in [6.45, 7) is 4.50. The quantitative estimate of drug-likeness (QED) is 0.652. The summed E-state index contributed by atoms with van der Waals surface area (Å²) in [5, 5.41) is 0. The average Bonchev–Trinajstić information content (AvgIpc) is 2.34. The van der Waals surface area contributed by atoms with E-state index < -0.39 is 0 Å². The van der Waals surface area contributed by atoms with E-state index in [2.05, 4.69) is 29.8 Å². The Labute approximate surface area is 92.8 Å². The zero-order valence-corrected chi connectivity index (χ0v) is 11.6. The Morgan fingerprint density at radius 1 is 1.67 bits per heavy atom. The van der Waals surface area contributed by atoms with Crippen LogP contribution in [-0.4, -0.2) is 15.2 Å². The summed E-state index contributed by atoms with van der Waals surface area (Å²) in [4.78, 5) is 0.541. The van der Waals surface area contributed by atoms with Crippen molar-refractivity contribution in [2.24, 2.45) is 5.92 Å². The zero-order chi connectivity index (χ0) is 9.14. The van der Waals surface area contributed by atoms with Crippen molar-refractivity contribution in [3.05, 3.63) is 0 Å². The van der Waals surface area contributed by atoms with Gasteiger partial charge in [-0.2, -0.15) is 0 Å². The minimum absolute atomic E-state index is 0.430. The van der Waals surface area contributed by atoms with Gasteiger partial charge in [0.15, 0.2) is 0 Å². The molecule has 0 spiro atoms. The predicted molar refractivity (Wildman–Crippen MR) is 51.3 cm³/mol. The maximum atomic E-state index is 5.71. The summed E-state index contributed by atoms with van der Waals surface area (Å²) in [6, 6.07) is 0. The van der Waals surface area contributed by atoms with Gasteiger partial charge in [-0.15, -0.1) is 0 Å². The van der Waals surface area contributed by atoms with E-state index in [1.54, 1.807) is 0 Å². The molecule has 1 heterocycles. The van der Waals surface area contributed by atoms with Crippen LogP contribution in [0.3, 0.4) is 0 Å². The SMILES string of the molecule is CC(C)CC(Br)C1CC[C](=[Os])O1. The van der Waals surface area contributed by atoms with Crippen molar-refractivity contribution in [2.45, 2.75) is 44.0 Å². The Kier molecular flexibility index (Phi) is 4.58. The van der Waals surface area contributed by atoms with Gasteiger partial charge in [0.25, 0.3) is 0 Å². The second-order valence-electron chi connectivity index (χ2n) is 3.68. The van der Waals surface area contributed by atoms with Gasteiger partial charge in [-0.05, 0) is 0 Å². The summed E-state index contributed by atoms with van der Waals surface area (Å²) in [5.74, 6) is 0.751. The molecule has 0 saturated carbocycles. The van der Waals surface area contributed by atoms with Gasteiger partial charge in [-0.1, -0.05) is 0 Å². The number of hydrogen-bond donors (Lipinski definition) is 0. The molecule has 2 atom stereocenters. The van der Waals surface area contributed by atoms with Gasteiger partial charge in [0, 0.05) is 0 Å². The van der Waals surface area contributed by atoms with E-state index in [-0.39, 0.29) is 0 Å². The van der Waals surface area contributed by atoms with Crippen LogP contribution in [0.5, 0.6) is 0 Å². The van der Waals surface area contributed by atoms with Crippen LogP contribution in [0.4, 0.5) is 0 Å². The fourth-order valence-electron chi connectivity index (χ4n) is 1.39. The van der Waals surface area contributed by atoms with Gasteiger partial charge in [-0.25, -0.2) is 0 Å². The fourth-order valence-corrected chi connectivity index (χ4v) is 3.26. The molecular formula is C9H15BrOOs. The molecule has 1 aliphatic rings. The van der Waals surface area contributed by atoms with Crippen molar-refractivity contribution in [2.75, 3.05) is 0 Å². The van der Waals surface area contributed by atoms with Crippen molar-refractivity contribution >= 4 is 20.2 Å². The van der Waals surface area contributed by atoms with Crippen LogP contribution in [0.2, 0.25) is 0 Å². The normalized spacial score (nSPS) is 26.8. The molecule has 2 unspecified atom stereocenters. The Balaban J connectivity index is 2.32. The molecule has 1 aliphatic heterocycles. The number of halogens is 1. The van der Waals surface area contributed by atoms with Crippen molar-refractivity contribution < 1.29 is 22.9 Å². The van der Waals surface area contributed by atoms with Crippen LogP contribution in [0.15, 0.2) is 0 Å². The van der Waals surface area contributed by atoms with Gasteiger partial charge in [-0.3, -0.25) is 0 Å². The second kappa shape index (κ2) is 4.98. The molecule has 1 fully saturated rings. The summed E-state index contributed by atoms with van der Waals surface area (Å²) in [7, 11) is 0. The van der Waals surface area contributed by atoms with Crippen molar-refractivity contribution in [3.63, 3.8) is 0 Å². The Morgan fingerprint density at radius 3 is 2.75 bits per heavy atom. The summed E-state index contributed by atoms with van der Waals surface area (Å²) < 4.78 is 6.94. The molecule has 0 bridgehead atoms. The first kappa shape index (κ1) is 11.0. The first-order valence-corrected chi connectivity index (χ1v) is 6.59. The Hall–Kier alpha value is 0.946. The molecule has 0 aromatic carbocycles. The van der Waals surface area contributed by atoms with Gasteiger partial charge in [0.05, 0.1) is 0 Å². The number of alkyl halides is 1. The van der Waals surface area contributed by atoms with Crippen LogP contribution in [0.1, 0.15) is 33.1 Å². The molecule has 1 nitrogen and oxygen atoms in total. The molecule has 0 amide bonds. The molecule has 72 valence electrons. The minimum atomic E-state index is 0.430. The molecule has 12 heavy (non-hydrogen) atoms. The van der Waals surface area contributed by atoms with E-state index in [1.165, 1.54) is 17.1 Å². The third-order valence-electron chi connectivity index (χ3n) is 2.00. The number of hydrogen-bond acceptors (Lipinski definition) is 1. The third-order valence-corrected chi connectivity index (χ3v) is 3.89. The van der Waals surface area contributed by atoms with Gasteiger partial charge in [0.1, 0.15) is 0 Å². The van der Waals surface area contributed by atoms with Crippen LogP contribution >= 0.6 is 15.9 Å². The van der Waals surface area contributed by atoms with Crippen molar-refractivity contribution in [1.82, 2.24) is 0 Å². The summed E-state index contributed by atoms with van der Waals surface area (Å²) >= 11 is 5.58. The zero-order valence-electron chi connectivity index (χ0n) is 7.49. The van der Waals surface area contributed by atoms with Crippen molar-refractivity contribution in [1.29, 1.82) is 0 Å². The van der Waals surface area contributed by atoms with Crippen LogP contribution in [-0.2, 0) is 22.9 Å². The van der Waals surface area contributed by atoms with Crippen LogP contribution < -0.4 is 0 Å². The van der Waals surface area contributed by atoms with E-state index >= 15 is 0 Å². The van der Waals surface area contributed by atoms with E-state index in [0.29, 0.717) is 10.9 Å². The van der Waals surface area contributed by atoms with Crippen molar-refractivity contribution in [3.8, 4) is 0 Å². The Bertz CT molecular complexity index is 170.